The van der Waals surface area contributed by atoms with E-state index in [-0.39, 0.29) is 18.8 Å². The number of nitrogens with one attached hydrogen (secondary N) is 1. The number of hydrogen-bond acceptors (Lipinski definition) is 6. The lowest BCUT2D eigenvalue weighted by Crippen LogP contribution is -2.42. The fraction of sp³-hybridized carbons (Fsp3) is 0.304. The molecule has 160 valence electrons. The third-order valence-corrected chi connectivity index (χ3v) is 5.46. The highest BCUT2D eigenvalue weighted by Gasteiger charge is 2.34. The van der Waals surface area contributed by atoms with E-state index in [4.69, 9.17) is 4.74 Å². The third kappa shape index (κ3) is 3.82. The molecule has 8 nitrogen and oxygen atoms in total. The van der Waals surface area contributed by atoms with Crippen molar-refractivity contribution in [3.05, 3.63) is 75.7 Å². The second-order valence-electron chi connectivity index (χ2n) is 7.98. The van der Waals surface area contributed by atoms with Crippen molar-refractivity contribution >= 4 is 5.91 Å². The van der Waals surface area contributed by atoms with Crippen molar-refractivity contribution in [2.24, 2.45) is 0 Å². The van der Waals surface area contributed by atoms with Gasteiger partial charge in [0.25, 0.3) is 11.5 Å². The van der Waals surface area contributed by atoms with E-state index in [1.807, 2.05) is 37.3 Å². The highest BCUT2D eigenvalue weighted by atomic mass is 16.5. The number of carbonyl (C=O) groups excluding carboxylic acids is 1. The number of carbonyl (C=O) groups is 1. The number of amides is 1. The van der Waals surface area contributed by atoms with Crippen molar-refractivity contribution in [3.63, 3.8) is 0 Å². The molecule has 0 atom stereocenters. The van der Waals surface area contributed by atoms with Crippen LogP contribution in [0.1, 0.15) is 41.3 Å². The van der Waals surface area contributed by atoms with Gasteiger partial charge in [0.1, 0.15) is 11.4 Å². The maximum Gasteiger partial charge on any atom is 0.296 e. The molecule has 3 aromatic rings. The fourth-order valence-electron chi connectivity index (χ4n) is 3.77. The Hall–Kier alpha value is -3.52. The van der Waals surface area contributed by atoms with Gasteiger partial charge in [-0.25, -0.2) is 4.98 Å². The molecule has 8 heteroatoms. The summed E-state index contributed by atoms with van der Waals surface area (Å²) in [6.07, 6.45) is 3.52. The van der Waals surface area contributed by atoms with E-state index in [2.05, 4.69) is 15.3 Å². The predicted octanol–water partition coefficient (Wildman–Crippen LogP) is 2.51. The van der Waals surface area contributed by atoms with Crippen molar-refractivity contribution in [3.8, 4) is 16.9 Å². The summed E-state index contributed by atoms with van der Waals surface area (Å²) in [5.41, 5.74) is 2.08. The smallest absolute Gasteiger partial charge is 0.296 e. The number of fused-ring (bicyclic) bond motifs is 1. The standard InChI is InChI=1S/C23H24N4O4/c1-14-8-9-24-13-17(14)16-7-5-4-6-15(16)12-25-20(29)18-19(28)21(30)27-10-11-31-23(2,3)22(27)26-18/h4-9,13,28H,10-12H2,1-3H3,(H,25,29). The monoisotopic (exact) mass is 420 g/mol. The molecule has 0 aliphatic carbocycles. The van der Waals surface area contributed by atoms with Crippen LogP contribution in [-0.4, -0.2) is 32.2 Å². The van der Waals surface area contributed by atoms with Crippen LogP contribution in [0.2, 0.25) is 0 Å². The molecule has 0 saturated carbocycles. The normalized spacial score (nSPS) is 14.7. The minimum atomic E-state index is -0.843. The van der Waals surface area contributed by atoms with E-state index in [9.17, 15) is 14.7 Å². The van der Waals surface area contributed by atoms with Crippen molar-refractivity contribution in [1.29, 1.82) is 0 Å². The van der Waals surface area contributed by atoms with Crippen molar-refractivity contribution in [2.45, 2.75) is 39.5 Å². The molecule has 0 unspecified atom stereocenters. The van der Waals surface area contributed by atoms with Gasteiger partial charge in [0.15, 0.2) is 5.69 Å². The zero-order valence-electron chi connectivity index (χ0n) is 17.7. The zero-order chi connectivity index (χ0) is 22.2. The Morgan fingerprint density at radius 1 is 1.26 bits per heavy atom. The summed E-state index contributed by atoms with van der Waals surface area (Å²) in [5, 5.41) is 13.1. The summed E-state index contributed by atoms with van der Waals surface area (Å²) >= 11 is 0. The van der Waals surface area contributed by atoms with Crippen LogP contribution in [0.15, 0.2) is 47.5 Å². The van der Waals surface area contributed by atoms with Crippen LogP contribution in [0, 0.1) is 6.92 Å². The van der Waals surface area contributed by atoms with Gasteiger partial charge in [-0.3, -0.25) is 19.1 Å². The average molecular weight is 420 g/mol. The number of aryl methyl sites for hydroxylation is 1. The number of aromatic nitrogens is 3. The molecule has 1 aliphatic rings. The van der Waals surface area contributed by atoms with Gasteiger partial charge in [0.2, 0.25) is 5.75 Å². The molecule has 1 aliphatic heterocycles. The quantitative estimate of drug-likeness (QED) is 0.672. The Morgan fingerprint density at radius 3 is 2.81 bits per heavy atom. The largest absolute Gasteiger partial charge is 0.501 e. The first kappa shape index (κ1) is 20.7. The number of benzene rings is 1. The van der Waals surface area contributed by atoms with Crippen LogP contribution in [0.3, 0.4) is 0 Å². The molecule has 0 spiro atoms. The van der Waals surface area contributed by atoms with E-state index in [1.165, 1.54) is 4.57 Å². The first-order valence-corrected chi connectivity index (χ1v) is 10.0. The number of aromatic hydroxyl groups is 1. The van der Waals surface area contributed by atoms with E-state index in [0.717, 1.165) is 22.3 Å². The van der Waals surface area contributed by atoms with Crippen LogP contribution >= 0.6 is 0 Å². The number of pyridine rings is 1. The average Bonchev–Trinajstić information content (AvgIpc) is 2.75. The summed E-state index contributed by atoms with van der Waals surface area (Å²) in [7, 11) is 0. The number of nitrogens with zero attached hydrogens (tertiary/aromatic N) is 3. The molecule has 1 aromatic carbocycles. The van der Waals surface area contributed by atoms with Gasteiger partial charge in [-0.15, -0.1) is 0 Å². The molecule has 2 N–H and O–H groups in total. The Balaban J connectivity index is 1.64. The lowest BCUT2D eigenvalue weighted by Gasteiger charge is -2.32. The number of rotatable bonds is 4. The van der Waals surface area contributed by atoms with Crippen molar-refractivity contribution in [2.75, 3.05) is 6.61 Å². The minimum Gasteiger partial charge on any atom is -0.501 e. The van der Waals surface area contributed by atoms with Crippen LogP contribution in [0.4, 0.5) is 0 Å². The molecule has 0 bridgehead atoms. The molecule has 4 rings (SSSR count). The fourth-order valence-corrected chi connectivity index (χ4v) is 3.77. The van der Waals surface area contributed by atoms with Gasteiger partial charge < -0.3 is 15.2 Å². The topological polar surface area (TPSA) is 106 Å². The summed E-state index contributed by atoms with van der Waals surface area (Å²) in [4.78, 5) is 34.0. The first-order valence-electron chi connectivity index (χ1n) is 10.0. The summed E-state index contributed by atoms with van der Waals surface area (Å²) < 4.78 is 7.04. The molecule has 0 saturated heterocycles. The summed E-state index contributed by atoms with van der Waals surface area (Å²) in [6, 6.07) is 9.61. The Labute approximate surface area is 179 Å². The van der Waals surface area contributed by atoms with Gasteiger partial charge in [-0.1, -0.05) is 24.3 Å². The maximum atomic E-state index is 12.9. The van der Waals surface area contributed by atoms with Gasteiger partial charge in [0, 0.05) is 24.5 Å². The van der Waals surface area contributed by atoms with Crippen LogP contribution in [0.25, 0.3) is 11.1 Å². The minimum absolute atomic E-state index is 0.197. The second kappa shape index (κ2) is 7.96. The molecule has 3 heterocycles. The third-order valence-electron chi connectivity index (χ3n) is 5.46. The molecule has 1 amide bonds. The van der Waals surface area contributed by atoms with E-state index in [1.54, 1.807) is 26.2 Å². The van der Waals surface area contributed by atoms with Crippen molar-refractivity contribution < 1.29 is 14.6 Å². The van der Waals surface area contributed by atoms with Crippen LogP contribution < -0.4 is 10.9 Å². The summed E-state index contributed by atoms with van der Waals surface area (Å²) in [6.45, 7) is 6.35. The second-order valence-corrected chi connectivity index (χ2v) is 7.98. The molecule has 0 radical (unpaired) electrons. The Bertz CT molecular complexity index is 1220. The van der Waals surface area contributed by atoms with E-state index in [0.29, 0.717) is 12.4 Å². The lowest BCUT2D eigenvalue weighted by molar-refractivity contribution is -0.0566. The van der Waals surface area contributed by atoms with Gasteiger partial charge in [-0.05, 0) is 43.5 Å². The van der Waals surface area contributed by atoms with Gasteiger partial charge in [0.05, 0.1) is 13.2 Å². The molecule has 31 heavy (non-hydrogen) atoms. The van der Waals surface area contributed by atoms with Crippen LogP contribution in [0.5, 0.6) is 5.75 Å². The van der Waals surface area contributed by atoms with E-state index < -0.39 is 22.8 Å². The predicted molar refractivity (Wildman–Crippen MR) is 115 cm³/mol. The SMILES string of the molecule is Cc1ccncc1-c1ccccc1CNC(=O)c1nc2n(c(=O)c1O)CCOC2(C)C. The van der Waals surface area contributed by atoms with Crippen molar-refractivity contribution in [1.82, 2.24) is 19.9 Å². The molecular weight excluding hydrogens is 396 g/mol. The highest BCUT2D eigenvalue weighted by Crippen LogP contribution is 2.28. The van der Waals surface area contributed by atoms with Gasteiger partial charge >= 0.3 is 0 Å². The Kier molecular flexibility index (Phi) is 5.32. The van der Waals surface area contributed by atoms with Gasteiger partial charge in [-0.2, -0.15) is 0 Å². The van der Waals surface area contributed by atoms with Crippen LogP contribution in [-0.2, 0) is 23.4 Å². The first-order chi connectivity index (χ1) is 14.8. The Morgan fingerprint density at radius 2 is 2.03 bits per heavy atom. The lowest BCUT2D eigenvalue weighted by atomic mass is 9.98. The highest BCUT2D eigenvalue weighted by molar-refractivity contribution is 5.94. The number of hydrogen-bond donors (Lipinski definition) is 2. The molecule has 2 aromatic heterocycles. The zero-order valence-corrected chi connectivity index (χ0v) is 17.7. The number of ether oxygens (including phenoxy) is 1. The molecule has 0 fully saturated rings. The molecular formula is C23H24N4O4. The van der Waals surface area contributed by atoms with E-state index >= 15 is 0 Å². The summed E-state index contributed by atoms with van der Waals surface area (Å²) in [5.74, 6) is -0.967. The maximum absolute atomic E-state index is 12.9.